The quantitative estimate of drug-likeness (QED) is 0.137. The van der Waals surface area contributed by atoms with Crippen LogP contribution in [0.1, 0.15) is 47.1 Å². The molecule has 0 fully saturated rings. The number of benzene rings is 4. The van der Waals surface area contributed by atoms with Crippen molar-refractivity contribution in [3.05, 3.63) is 136 Å². The minimum Gasteiger partial charge on any atom is -0.478 e. The van der Waals surface area contributed by atoms with Crippen LogP contribution in [0.15, 0.2) is 108 Å². The number of hydrogen-bond acceptors (Lipinski definition) is 4. The summed E-state index contributed by atoms with van der Waals surface area (Å²) >= 11 is 12.6. The predicted molar refractivity (Wildman–Crippen MR) is 180 cm³/mol. The lowest BCUT2D eigenvalue weighted by Crippen LogP contribution is -2.32. The first-order chi connectivity index (χ1) is 21.7. The van der Waals surface area contributed by atoms with E-state index in [0.29, 0.717) is 47.4 Å². The number of carboxylic acids is 1. The number of aromatic carboxylic acids is 1. The summed E-state index contributed by atoms with van der Waals surface area (Å²) in [4.78, 5) is 16.5. The summed E-state index contributed by atoms with van der Waals surface area (Å²) in [5, 5.41) is 10.3. The van der Waals surface area contributed by atoms with Crippen LogP contribution in [-0.2, 0) is 29.4 Å². The molecule has 1 heterocycles. The van der Waals surface area contributed by atoms with Crippen LogP contribution in [0.2, 0.25) is 10.0 Å². The minimum absolute atomic E-state index is 0.228. The molecule has 7 nitrogen and oxygen atoms in total. The van der Waals surface area contributed by atoms with Crippen molar-refractivity contribution in [1.29, 1.82) is 0 Å². The van der Waals surface area contributed by atoms with Gasteiger partial charge in [0.1, 0.15) is 5.82 Å². The van der Waals surface area contributed by atoms with Gasteiger partial charge in [0.2, 0.25) is 0 Å². The highest BCUT2D eigenvalue weighted by molar-refractivity contribution is 7.92. The molecule has 0 saturated heterocycles. The molecule has 4 aromatic carbocycles. The third kappa shape index (κ3) is 7.76. The zero-order valence-corrected chi connectivity index (χ0v) is 27.1. The Kier molecular flexibility index (Phi) is 10.3. The van der Waals surface area contributed by atoms with Gasteiger partial charge in [-0.1, -0.05) is 79.0 Å². The van der Waals surface area contributed by atoms with Crippen molar-refractivity contribution in [3.63, 3.8) is 0 Å². The third-order valence-corrected chi connectivity index (χ3v) is 9.92. The van der Waals surface area contributed by atoms with Crippen LogP contribution in [0, 0.1) is 0 Å². The molecule has 45 heavy (non-hydrogen) atoms. The second-order valence-corrected chi connectivity index (χ2v) is 13.4. The molecule has 10 heteroatoms. The van der Waals surface area contributed by atoms with Crippen LogP contribution in [0.25, 0.3) is 11.3 Å². The average molecular weight is 663 g/mol. The van der Waals surface area contributed by atoms with Gasteiger partial charge in [-0.25, -0.2) is 18.2 Å². The van der Waals surface area contributed by atoms with Crippen LogP contribution < -0.4 is 4.31 Å². The van der Waals surface area contributed by atoms with Crippen LogP contribution in [0.5, 0.6) is 0 Å². The van der Waals surface area contributed by atoms with Gasteiger partial charge in [0, 0.05) is 36.3 Å². The molecule has 0 spiro atoms. The highest BCUT2D eigenvalue weighted by Gasteiger charge is 2.24. The van der Waals surface area contributed by atoms with E-state index in [2.05, 4.69) is 0 Å². The molecule has 0 aliphatic heterocycles. The number of hydrogen-bond donors (Lipinski definition) is 1. The summed E-state index contributed by atoms with van der Waals surface area (Å²) in [7, 11) is -3.70. The van der Waals surface area contributed by atoms with Gasteiger partial charge >= 0.3 is 5.97 Å². The number of halogens is 2. The van der Waals surface area contributed by atoms with E-state index in [9.17, 15) is 18.3 Å². The molecule has 0 saturated carbocycles. The van der Waals surface area contributed by atoms with Crippen molar-refractivity contribution in [2.24, 2.45) is 0 Å². The minimum atomic E-state index is -3.70. The van der Waals surface area contributed by atoms with E-state index in [1.807, 2.05) is 48.0 Å². The molecule has 0 amide bonds. The summed E-state index contributed by atoms with van der Waals surface area (Å²) in [5.74, 6) is -0.139. The van der Waals surface area contributed by atoms with E-state index in [1.54, 1.807) is 66.7 Å². The normalized spacial score (nSPS) is 11.4. The predicted octanol–water partition coefficient (Wildman–Crippen LogP) is 8.38. The lowest BCUT2D eigenvalue weighted by atomic mass is 10.1. The Bertz CT molecular complexity index is 1880. The lowest BCUT2D eigenvalue weighted by Gasteiger charge is -2.24. The zero-order chi connectivity index (χ0) is 32.0. The molecule has 5 aromatic rings. The Balaban J connectivity index is 1.39. The number of sulfonamides is 1. The van der Waals surface area contributed by atoms with Crippen LogP contribution in [0.4, 0.5) is 5.69 Å². The summed E-state index contributed by atoms with van der Waals surface area (Å²) in [6, 6.07) is 28.2. The van der Waals surface area contributed by atoms with Crippen molar-refractivity contribution in [3.8, 4) is 11.3 Å². The van der Waals surface area contributed by atoms with Crippen molar-refractivity contribution >= 4 is 44.9 Å². The van der Waals surface area contributed by atoms with Gasteiger partial charge < -0.3 is 9.67 Å². The molecule has 5 rings (SSSR count). The number of imidazole rings is 1. The Morgan fingerprint density at radius 3 is 2.22 bits per heavy atom. The first-order valence-electron chi connectivity index (χ1n) is 14.7. The number of carboxylic acid groups (broad SMARTS) is 1. The van der Waals surface area contributed by atoms with E-state index >= 15 is 0 Å². The smallest absolute Gasteiger partial charge is 0.335 e. The Hall–Kier alpha value is -4.11. The number of aromatic nitrogens is 2. The molecule has 1 N–H and O–H groups in total. The molecular weight excluding hydrogens is 629 g/mol. The monoisotopic (exact) mass is 661 g/mol. The molecule has 0 aliphatic rings. The summed E-state index contributed by atoms with van der Waals surface area (Å²) < 4.78 is 30.5. The highest BCUT2D eigenvalue weighted by atomic mass is 35.5. The fourth-order valence-electron chi connectivity index (χ4n) is 5.06. The fraction of sp³-hybridized carbons (Fsp3) is 0.200. The number of rotatable bonds is 13. The molecule has 0 radical (unpaired) electrons. The van der Waals surface area contributed by atoms with Gasteiger partial charge in [-0.3, -0.25) is 4.31 Å². The maximum absolute atomic E-state index is 13.5. The standard InChI is InChI=1S/C35H33Cl2N3O4S/c1-2-3-21-40(45(43,44)30-7-5-4-6-8-30)29-17-11-25(12-18-29)13-20-34-38-33(31-19-16-28(36)22-32(31)37)24-39(34)23-26-9-14-27(15-10-26)35(41)42/h4-12,14-19,22,24H,2-3,13,20-21,23H2,1H3,(H,41,42). The van der Waals surface area contributed by atoms with Crippen molar-refractivity contribution in [2.45, 2.75) is 44.0 Å². The van der Waals surface area contributed by atoms with Crippen LogP contribution in [-0.4, -0.2) is 35.6 Å². The van der Waals surface area contributed by atoms with Crippen LogP contribution in [0.3, 0.4) is 0 Å². The number of anilines is 1. The van der Waals surface area contributed by atoms with E-state index in [4.69, 9.17) is 28.2 Å². The maximum atomic E-state index is 13.5. The molecule has 1 aromatic heterocycles. The molecule has 0 aliphatic carbocycles. The lowest BCUT2D eigenvalue weighted by molar-refractivity contribution is 0.0697. The summed E-state index contributed by atoms with van der Waals surface area (Å²) in [5.41, 5.74) is 4.30. The molecular formula is C35H33Cl2N3O4S. The summed E-state index contributed by atoms with van der Waals surface area (Å²) in [6.45, 7) is 2.93. The zero-order valence-electron chi connectivity index (χ0n) is 24.7. The molecule has 0 unspecified atom stereocenters. The number of unbranched alkanes of at least 4 members (excludes halogenated alkanes) is 1. The van der Waals surface area contributed by atoms with E-state index in [0.717, 1.165) is 35.4 Å². The Morgan fingerprint density at radius 2 is 1.58 bits per heavy atom. The van der Waals surface area contributed by atoms with Gasteiger partial charge in [-0.05, 0) is 78.6 Å². The fourth-order valence-corrected chi connectivity index (χ4v) is 7.09. The van der Waals surface area contributed by atoms with Crippen LogP contribution >= 0.6 is 23.2 Å². The summed E-state index contributed by atoms with van der Waals surface area (Å²) in [6.07, 6.45) is 4.84. The SMILES string of the molecule is CCCCN(c1ccc(CCc2nc(-c3ccc(Cl)cc3Cl)cn2Cc2ccc(C(=O)O)cc2)cc1)S(=O)(=O)c1ccccc1. The second-order valence-electron chi connectivity index (χ2n) is 10.7. The van der Waals surface area contributed by atoms with Gasteiger partial charge in [0.05, 0.1) is 26.9 Å². The number of carbonyl (C=O) groups is 1. The third-order valence-electron chi connectivity index (χ3n) is 7.53. The number of nitrogens with zero attached hydrogens (tertiary/aromatic N) is 3. The average Bonchev–Trinajstić information content (AvgIpc) is 3.43. The first-order valence-corrected chi connectivity index (χ1v) is 16.9. The number of aryl methyl sites for hydroxylation is 2. The van der Waals surface area contributed by atoms with Gasteiger partial charge in [-0.2, -0.15) is 0 Å². The second kappa shape index (κ2) is 14.3. The van der Waals surface area contributed by atoms with E-state index < -0.39 is 16.0 Å². The highest BCUT2D eigenvalue weighted by Crippen LogP contribution is 2.31. The molecule has 0 bridgehead atoms. The molecule has 232 valence electrons. The first kappa shape index (κ1) is 32.3. The molecule has 0 atom stereocenters. The Labute approximate surface area is 273 Å². The van der Waals surface area contributed by atoms with Crippen molar-refractivity contribution in [1.82, 2.24) is 9.55 Å². The van der Waals surface area contributed by atoms with E-state index in [-0.39, 0.29) is 10.5 Å². The largest absolute Gasteiger partial charge is 0.478 e. The van der Waals surface area contributed by atoms with Gasteiger partial charge in [-0.15, -0.1) is 0 Å². The maximum Gasteiger partial charge on any atom is 0.335 e. The topological polar surface area (TPSA) is 92.5 Å². The van der Waals surface area contributed by atoms with Gasteiger partial charge in [0.25, 0.3) is 10.0 Å². The van der Waals surface area contributed by atoms with E-state index in [1.165, 1.54) is 4.31 Å². The Morgan fingerprint density at radius 1 is 0.889 bits per heavy atom. The van der Waals surface area contributed by atoms with Crippen molar-refractivity contribution in [2.75, 3.05) is 10.8 Å². The van der Waals surface area contributed by atoms with Gasteiger partial charge in [0.15, 0.2) is 0 Å². The van der Waals surface area contributed by atoms with Crippen molar-refractivity contribution < 1.29 is 18.3 Å².